The summed E-state index contributed by atoms with van der Waals surface area (Å²) in [6.45, 7) is 3.87. The van der Waals surface area contributed by atoms with Gasteiger partial charge in [-0.05, 0) is 35.3 Å². The van der Waals surface area contributed by atoms with Gasteiger partial charge in [-0.25, -0.2) is 0 Å². The van der Waals surface area contributed by atoms with E-state index in [-0.39, 0.29) is 12.3 Å². The molecule has 0 N–H and O–H groups in total. The van der Waals surface area contributed by atoms with Crippen molar-refractivity contribution >= 4 is 21.6 Å². The monoisotopic (exact) mass is 339 g/mol. The first-order valence-corrected chi connectivity index (χ1v) is 6.76. The topological polar surface area (TPSA) is 70.2 Å². The minimum absolute atomic E-state index is 0.0278. The highest BCUT2D eigenvalue weighted by Gasteiger charge is 2.19. The second kappa shape index (κ2) is 5.62. The first-order chi connectivity index (χ1) is 9.41. The number of nitro groups is 1. The van der Waals surface area contributed by atoms with E-state index in [1.165, 1.54) is 6.07 Å². The molecular weight excluding hydrogens is 326 g/mol. The Hall–Kier alpha value is -1.89. The third kappa shape index (κ3) is 2.67. The molecule has 0 unspecified atom stereocenters. The van der Waals surface area contributed by atoms with E-state index in [9.17, 15) is 10.1 Å². The number of aryl methyl sites for hydroxylation is 3. The first kappa shape index (κ1) is 14.5. The number of hydrogen-bond acceptors (Lipinski definition) is 4. The third-order valence-electron chi connectivity index (χ3n) is 3.00. The van der Waals surface area contributed by atoms with E-state index in [4.69, 9.17) is 4.74 Å². The minimum atomic E-state index is -0.439. The van der Waals surface area contributed by atoms with Crippen LogP contribution in [0.3, 0.4) is 0 Å². The summed E-state index contributed by atoms with van der Waals surface area (Å²) in [7, 11) is 1.81. The predicted molar refractivity (Wildman–Crippen MR) is 77.8 cm³/mol. The van der Waals surface area contributed by atoms with Gasteiger partial charge in [-0.1, -0.05) is 12.1 Å². The van der Waals surface area contributed by atoms with Crippen LogP contribution in [0.15, 0.2) is 22.7 Å². The molecule has 0 amide bonds. The van der Waals surface area contributed by atoms with Gasteiger partial charge in [0.1, 0.15) is 6.61 Å². The Morgan fingerprint density at radius 3 is 2.70 bits per heavy atom. The second-order valence-electron chi connectivity index (χ2n) is 4.44. The number of nitro benzene ring substituents is 1. The third-order valence-corrected chi connectivity index (χ3v) is 4.03. The molecule has 0 aliphatic carbocycles. The van der Waals surface area contributed by atoms with Crippen LogP contribution >= 0.6 is 15.9 Å². The maximum absolute atomic E-state index is 11.0. The standard InChI is InChI=1S/C13H14BrN3O3/c1-8-5-4-6-10(17(18)19)13(8)20-7-11-12(14)9(2)15-16(11)3/h4-6H,7H2,1-3H3. The zero-order valence-electron chi connectivity index (χ0n) is 11.4. The Morgan fingerprint density at radius 2 is 2.15 bits per heavy atom. The number of rotatable bonds is 4. The van der Waals surface area contributed by atoms with Gasteiger partial charge in [0, 0.05) is 13.1 Å². The van der Waals surface area contributed by atoms with Crippen LogP contribution in [0.2, 0.25) is 0 Å². The quantitative estimate of drug-likeness (QED) is 0.633. The van der Waals surface area contributed by atoms with E-state index in [1.807, 2.05) is 14.0 Å². The van der Waals surface area contributed by atoms with E-state index < -0.39 is 4.92 Å². The molecule has 0 fully saturated rings. The summed E-state index contributed by atoms with van der Waals surface area (Å²) in [6, 6.07) is 4.86. The maximum Gasteiger partial charge on any atom is 0.311 e. The fourth-order valence-electron chi connectivity index (χ4n) is 1.95. The molecule has 7 heteroatoms. The molecule has 106 valence electrons. The number of para-hydroxylation sites is 1. The van der Waals surface area contributed by atoms with Gasteiger partial charge in [-0.2, -0.15) is 5.10 Å². The van der Waals surface area contributed by atoms with Crippen LogP contribution in [0, 0.1) is 24.0 Å². The van der Waals surface area contributed by atoms with E-state index >= 15 is 0 Å². The van der Waals surface area contributed by atoms with E-state index in [2.05, 4.69) is 21.0 Å². The number of hydrogen-bond donors (Lipinski definition) is 0. The van der Waals surface area contributed by atoms with Gasteiger partial charge in [0.25, 0.3) is 0 Å². The van der Waals surface area contributed by atoms with Crippen molar-refractivity contribution in [3.05, 3.63) is 49.7 Å². The highest BCUT2D eigenvalue weighted by Crippen LogP contribution is 2.31. The van der Waals surface area contributed by atoms with Crippen molar-refractivity contribution in [3.8, 4) is 5.75 Å². The van der Waals surface area contributed by atoms with Gasteiger partial charge >= 0.3 is 5.69 Å². The van der Waals surface area contributed by atoms with Crippen LogP contribution in [0.4, 0.5) is 5.69 Å². The molecule has 0 spiro atoms. The van der Waals surface area contributed by atoms with Gasteiger partial charge in [0.2, 0.25) is 0 Å². The normalized spacial score (nSPS) is 10.6. The van der Waals surface area contributed by atoms with Gasteiger partial charge in [0.15, 0.2) is 5.75 Å². The highest BCUT2D eigenvalue weighted by atomic mass is 79.9. The largest absolute Gasteiger partial charge is 0.480 e. The molecule has 0 aliphatic heterocycles. The van der Waals surface area contributed by atoms with Crippen LogP contribution in [-0.2, 0) is 13.7 Å². The molecule has 6 nitrogen and oxygen atoms in total. The lowest BCUT2D eigenvalue weighted by Gasteiger charge is -2.10. The summed E-state index contributed by atoms with van der Waals surface area (Å²) in [5, 5.41) is 15.3. The summed E-state index contributed by atoms with van der Waals surface area (Å²) in [4.78, 5) is 10.6. The van der Waals surface area contributed by atoms with Gasteiger partial charge in [-0.3, -0.25) is 14.8 Å². The summed E-state index contributed by atoms with van der Waals surface area (Å²) in [6.07, 6.45) is 0. The van der Waals surface area contributed by atoms with Crippen LogP contribution in [-0.4, -0.2) is 14.7 Å². The van der Waals surface area contributed by atoms with Crippen molar-refractivity contribution in [2.75, 3.05) is 0 Å². The summed E-state index contributed by atoms with van der Waals surface area (Å²) < 4.78 is 8.21. The molecule has 1 heterocycles. The molecule has 1 aromatic heterocycles. The Kier molecular flexibility index (Phi) is 4.08. The Labute approximate surface area is 124 Å². The molecular formula is C13H14BrN3O3. The smallest absolute Gasteiger partial charge is 0.311 e. The van der Waals surface area contributed by atoms with Crippen molar-refractivity contribution in [2.45, 2.75) is 20.5 Å². The van der Waals surface area contributed by atoms with Crippen LogP contribution < -0.4 is 4.74 Å². The number of ether oxygens (including phenoxy) is 1. The summed E-state index contributed by atoms with van der Waals surface area (Å²) in [5.74, 6) is 0.295. The summed E-state index contributed by atoms with van der Waals surface area (Å²) in [5.41, 5.74) is 2.39. The van der Waals surface area contributed by atoms with Gasteiger partial charge in [0.05, 0.1) is 20.8 Å². The average Bonchev–Trinajstić information content (AvgIpc) is 2.62. The van der Waals surface area contributed by atoms with Gasteiger partial charge in [-0.15, -0.1) is 0 Å². The minimum Gasteiger partial charge on any atom is -0.480 e. The summed E-state index contributed by atoms with van der Waals surface area (Å²) >= 11 is 3.44. The molecule has 2 rings (SSSR count). The number of halogens is 1. The highest BCUT2D eigenvalue weighted by molar-refractivity contribution is 9.10. The molecule has 1 aromatic carbocycles. The van der Waals surface area contributed by atoms with Crippen LogP contribution in [0.25, 0.3) is 0 Å². The van der Waals surface area contributed by atoms with Crippen molar-refractivity contribution in [1.29, 1.82) is 0 Å². The van der Waals surface area contributed by atoms with E-state index in [1.54, 1.807) is 23.7 Å². The van der Waals surface area contributed by atoms with E-state index in [0.29, 0.717) is 5.75 Å². The van der Waals surface area contributed by atoms with E-state index in [0.717, 1.165) is 21.4 Å². The zero-order chi connectivity index (χ0) is 14.9. The van der Waals surface area contributed by atoms with Crippen LogP contribution in [0.5, 0.6) is 5.75 Å². The second-order valence-corrected chi connectivity index (χ2v) is 5.23. The average molecular weight is 340 g/mol. The SMILES string of the molecule is Cc1cccc([N+](=O)[O-])c1OCc1c(Br)c(C)nn1C. The van der Waals surface area contributed by atoms with Crippen LogP contribution in [0.1, 0.15) is 17.0 Å². The first-order valence-electron chi connectivity index (χ1n) is 5.96. The lowest BCUT2D eigenvalue weighted by molar-refractivity contribution is -0.386. The maximum atomic E-state index is 11.0. The molecule has 0 radical (unpaired) electrons. The lowest BCUT2D eigenvalue weighted by atomic mass is 10.2. The molecule has 0 bridgehead atoms. The Balaban J connectivity index is 2.30. The molecule has 0 aliphatic rings. The van der Waals surface area contributed by atoms with Crippen molar-refractivity contribution < 1.29 is 9.66 Å². The van der Waals surface area contributed by atoms with Crippen molar-refractivity contribution in [2.24, 2.45) is 7.05 Å². The molecule has 20 heavy (non-hydrogen) atoms. The predicted octanol–water partition coefficient (Wildman–Crippen LogP) is 3.29. The molecule has 2 aromatic rings. The Morgan fingerprint density at radius 1 is 1.45 bits per heavy atom. The fourth-order valence-corrected chi connectivity index (χ4v) is 2.40. The lowest BCUT2D eigenvalue weighted by Crippen LogP contribution is -2.05. The molecule has 0 saturated heterocycles. The molecule has 0 saturated carbocycles. The zero-order valence-corrected chi connectivity index (χ0v) is 13.0. The Bertz CT molecular complexity index is 667. The van der Waals surface area contributed by atoms with Crippen molar-refractivity contribution in [1.82, 2.24) is 9.78 Å². The van der Waals surface area contributed by atoms with Gasteiger partial charge < -0.3 is 4.74 Å². The fraction of sp³-hybridized carbons (Fsp3) is 0.308. The van der Waals surface area contributed by atoms with Crippen molar-refractivity contribution in [3.63, 3.8) is 0 Å². The number of nitrogens with zero attached hydrogens (tertiary/aromatic N) is 3. The number of aromatic nitrogens is 2. The molecule has 0 atom stereocenters. The number of benzene rings is 1.